The minimum atomic E-state index is -0.419. The molecule has 0 amide bonds. The average molecular weight is 279 g/mol. The van der Waals surface area contributed by atoms with Gasteiger partial charge in [0.2, 0.25) is 0 Å². The molecule has 0 atom stereocenters. The molecule has 0 aliphatic heterocycles. The van der Waals surface area contributed by atoms with Gasteiger partial charge in [-0.05, 0) is 12.1 Å². The Labute approximate surface area is 95.5 Å². The molecule has 76 valence electrons. The molecule has 0 aliphatic carbocycles. The van der Waals surface area contributed by atoms with E-state index in [4.69, 9.17) is 11.6 Å². The molecule has 0 radical (unpaired) electrons. The second-order valence-electron chi connectivity index (χ2n) is 2.55. The highest BCUT2D eigenvalue weighted by Gasteiger charge is 2.14. The minimum Gasteiger partial charge on any atom is -0.465 e. The molecule has 5 heteroatoms. The molecule has 1 aromatic carbocycles. The number of halogens is 2. The summed E-state index contributed by atoms with van der Waals surface area (Å²) in [5, 5.41) is 3.33. The Balaban J connectivity index is 3.32. The highest BCUT2D eigenvalue weighted by molar-refractivity contribution is 9.10. The van der Waals surface area contributed by atoms with E-state index in [-0.39, 0.29) is 0 Å². The van der Waals surface area contributed by atoms with Gasteiger partial charge < -0.3 is 10.1 Å². The van der Waals surface area contributed by atoms with Gasteiger partial charge in [-0.25, -0.2) is 4.79 Å². The van der Waals surface area contributed by atoms with Crippen molar-refractivity contribution in [3.63, 3.8) is 0 Å². The van der Waals surface area contributed by atoms with Gasteiger partial charge in [-0.2, -0.15) is 0 Å². The van der Waals surface area contributed by atoms with Gasteiger partial charge in [0.25, 0.3) is 0 Å². The monoisotopic (exact) mass is 277 g/mol. The smallest absolute Gasteiger partial charge is 0.340 e. The van der Waals surface area contributed by atoms with Crippen LogP contribution in [0.5, 0.6) is 0 Å². The summed E-state index contributed by atoms with van der Waals surface area (Å²) in [5.74, 6) is -0.419. The van der Waals surface area contributed by atoms with Gasteiger partial charge >= 0.3 is 5.97 Å². The number of esters is 1. The molecule has 0 heterocycles. The first-order valence-corrected chi connectivity index (χ1v) is 5.02. The van der Waals surface area contributed by atoms with E-state index in [0.29, 0.717) is 16.3 Å². The fourth-order valence-corrected chi connectivity index (χ4v) is 2.00. The Bertz CT molecular complexity index is 368. The maximum atomic E-state index is 11.4. The van der Waals surface area contributed by atoms with Crippen LogP contribution in [0.3, 0.4) is 0 Å². The van der Waals surface area contributed by atoms with Gasteiger partial charge in [0.15, 0.2) is 0 Å². The number of nitrogens with one attached hydrogen (secondary N) is 1. The summed E-state index contributed by atoms with van der Waals surface area (Å²) in [6.07, 6.45) is 0. The zero-order valence-electron chi connectivity index (χ0n) is 7.73. The molecule has 0 saturated heterocycles. The minimum absolute atomic E-state index is 0.411. The number of hydrogen-bond acceptors (Lipinski definition) is 3. The second-order valence-corrected chi connectivity index (χ2v) is 3.87. The number of carbonyl (C=O) groups is 1. The van der Waals surface area contributed by atoms with Crippen LogP contribution in [0.25, 0.3) is 0 Å². The first-order chi connectivity index (χ1) is 6.60. The number of anilines is 1. The summed E-state index contributed by atoms with van der Waals surface area (Å²) in [7, 11) is 3.03. The van der Waals surface area contributed by atoms with E-state index < -0.39 is 5.97 Å². The van der Waals surface area contributed by atoms with Crippen molar-refractivity contribution in [3.8, 4) is 0 Å². The number of ether oxygens (including phenoxy) is 1. The Hall–Kier alpha value is -0.740. The number of hydrogen-bond donors (Lipinski definition) is 1. The van der Waals surface area contributed by atoms with Crippen molar-refractivity contribution in [2.45, 2.75) is 0 Å². The zero-order valence-corrected chi connectivity index (χ0v) is 10.1. The van der Waals surface area contributed by atoms with Gasteiger partial charge in [-0.1, -0.05) is 27.5 Å². The van der Waals surface area contributed by atoms with E-state index in [1.165, 1.54) is 7.11 Å². The van der Waals surface area contributed by atoms with E-state index in [1.807, 2.05) is 0 Å². The van der Waals surface area contributed by atoms with E-state index in [0.717, 1.165) is 4.47 Å². The lowest BCUT2D eigenvalue weighted by Crippen LogP contribution is -2.06. The molecule has 0 fully saturated rings. The van der Waals surface area contributed by atoms with Crippen LogP contribution in [-0.4, -0.2) is 20.1 Å². The maximum Gasteiger partial charge on any atom is 0.340 e. The number of carbonyl (C=O) groups excluding carboxylic acids is 1. The summed E-state index contributed by atoms with van der Waals surface area (Å²) in [4.78, 5) is 11.4. The predicted octanol–water partition coefficient (Wildman–Crippen LogP) is 2.93. The molecule has 1 rings (SSSR count). The molecule has 0 aliphatic rings. The topological polar surface area (TPSA) is 38.3 Å². The van der Waals surface area contributed by atoms with Crippen molar-refractivity contribution in [2.75, 3.05) is 19.5 Å². The molecule has 1 N–H and O–H groups in total. The first-order valence-electron chi connectivity index (χ1n) is 3.85. The van der Waals surface area contributed by atoms with Crippen molar-refractivity contribution in [1.82, 2.24) is 0 Å². The lowest BCUT2D eigenvalue weighted by atomic mass is 10.2. The van der Waals surface area contributed by atoms with Gasteiger partial charge in [0, 0.05) is 11.5 Å². The van der Waals surface area contributed by atoms with E-state index in [2.05, 4.69) is 26.0 Å². The highest BCUT2D eigenvalue weighted by Crippen LogP contribution is 2.30. The van der Waals surface area contributed by atoms with Gasteiger partial charge in [-0.3, -0.25) is 0 Å². The SMILES string of the molecule is CNc1c(Cl)cc(Br)cc1C(=O)OC. The van der Waals surface area contributed by atoms with Crippen molar-refractivity contribution in [1.29, 1.82) is 0 Å². The zero-order chi connectivity index (χ0) is 10.7. The van der Waals surface area contributed by atoms with Crippen LogP contribution >= 0.6 is 27.5 Å². The summed E-state index contributed by atoms with van der Waals surface area (Å²) < 4.78 is 5.37. The summed E-state index contributed by atoms with van der Waals surface area (Å²) in [6.45, 7) is 0. The Morgan fingerprint density at radius 2 is 2.21 bits per heavy atom. The lowest BCUT2D eigenvalue weighted by Gasteiger charge is -2.09. The summed E-state index contributed by atoms with van der Waals surface area (Å²) in [6, 6.07) is 3.36. The van der Waals surface area contributed by atoms with Gasteiger partial charge in [-0.15, -0.1) is 0 Å². The Kier molecular flexibility index (Phi) is 3.77. The highest BCUT2D eigenvalue weighted by atomic mass is 79.9. The fourth-order valence-electron chi connectivity index (χ4n) is 1.10. The van der Waals surface area contributed by atoms with Crippen LogP contribution in [0.2, 0.25) is 5.02 Å². The summed E-state index contributed by atoms with van der Waals surface area (Å²) in [5.41, 5.74) is 0.982. The molecule has 0 aromatic heterocycles. The van der Waals surface area contributed by atoms with Crippen molar-refractivity contribution < 1.29 is 9.53 Å². The molecule has 3 nitrogen and oxygen atoms in total. The Morgan fingerprint density at radius 1 is 1.57 bits per heavy atom. The lowest BCUT2D eigenvalue weighted by molar-refractivity contribution is 0.0602. The van der Waals surface area contributed by atoms with Crippen LogP contribution in [0, 0.1) is 0 Å². The third-order valence-electron chi connectivity index (χ3n) is 1.71. The fraction of sp³-hybridized carbons (Fsp3) is 0.222. The van der Waals surface area contributed by atoms with Gasteiger partial charge in [0.05, 0.1) is 23.4 Å². The quantitative estimate of drug-likeness (QED) is 0.845. The van der Waals surface area contributed by atoms with E-state index in [1.54, 1.807) is 19.2 Å². The molecule has 1 aromatic rings. The normalized spacial score (nSPS) is 9.71. The maximum absolute atomic E-state index is 11.4. The van der Waals surface area contributed by atoms with Crippen LogP contribution in [0.1, 0.15) is 10.4 Å². The van der Waals surface area contributed by atoms with Crippen LogP contribution in [0.15, 0.2) is 16.6 Å². The van der Waals surface area contributed by atoms with Crippen molar-refractivity contribution >= 4 is 39.2 Å². The third kappa shape index (κ3) is 2.19. The average Bonchev–Trinajstić information content (AvgIpc) is 2.15. The van der Waals surface area contributed by atoms with Crippen LogP contribution in [-0.2, 0) is 4.74 Å². The van der Waals surface area contributed by atoms with Crippen molar-refractivity contribution in [3.05, 3.63) is 27.2 Å². The molecule has 14 heavy (non-hydrogen) atoms. The molecule has 0 unspecified atom stereocenters. The standard InChI is InChI=1S/C9H9BrClNO2/c1-12-8-6(9(13)14-2)3-5(10)4-7(8)11/h3-4,12H,1-2H3. The first kappa shape index (κ1) is 11.3. The molecule has 0 spiro atoms. The molecular formula is C9H9BrClNO2. The second kappa shape index (κ2) is 4.66. The Morgan fingerprint density at radius 3 is 2.71 bits per heavy atom. The molecule has 0 bridgehead atoms. The predicted molar refractivity (Wildman–Crippen MR) is 60.0 cm³/mol. The van der Waals surface area contributed by atoms with Crippen LogP contribution in [0.4, 0.5) is 5.69 Å². The number of methoxy groups -OCH3 is 1. The summed E-state index contributed by atoms with van der Waals surface area (Å²) >= 11 is 9.19. The van der Waals surface area contributed by atoms with Gasteiger partial charge in [0.1, 0.15) is 0 Å². The molecular weight excluding hydrogens is 269 g/mol. The van der Waals surface area contributed by atoms with E-state index >= 15 is 0 Å². The van der Waals surface area contributed by atoms with E-state index in [9.17, 15) is 4.79 Å². The van der Waals surface area contributed by atoms with Crippen LogP contribution < -0.4 is 5.32 Å². The number of rotatable bonds is 2. The molecule has 0 saturated carbocycles. The largest absolute Gasteiger partial charge is 0.465 e. The van der Waals surface area contributed by atoms with Crippen molar-refractivity contribution in [2.24, 2.45) is 0 Å². The third-order valence-corrected chi connectivity index (χ3v) is 2.47. The number of benzene rings is 1.